The van der Waals surface area contributed by atoms with E-state index >= 15 is 0 Å². The lowest BCUT2D eigenvalue weighted by Crippen LogP contribution is -2.32. The zero-order valence-corrected chi connectivity index (χ0v) is 23.9. The molecule has 39 heavy (non-hydrogen) atoms. The van der Waals surface area contributed by atoms with Gasteiger partial charge in [-0.1, -0.05) is 65.8 Å². The van der Waals surface area contributed by atoms with Crippen LogP contribution >= 0.6 is 0 Å². The molecule has 4 aromatic heterocycles. The molecule has 0 aliphatic rings. The molecule has 6 heteroatoms. The van der Waals surface area contributed by atoms with E-state index in [9.17, 15) is 0 Å². The smallest absolute Gasteiger partial charge is 0.228 e. The van der Waals surface area contributed by atoms with Crippen molar-refractivity contribution in [2.75, 3.05) is 0 Å². The fourth-order valence-corrected chi connectivity index (χ4v) is 5.02. The van der Waals surface area contributed by atoms with Gasteiger partial charge in [-0.25, -0.2) is 19.9 Å². The van der Waals surface area contributed by atoms with Crippen molar-refractivity contribution in [2.45, 2.75) is 59.3 Å². The maximum atomic E-state index is 6.55. The summed E-state index contributed by atoms with van der Waals surface area (Å²) in [6, 6.07) is 21.1. The van der Waals surface area contributed by atoms with Crippen LogP contribution in [0.25, 0.3) is 55.7 Å². The molecular formula is C33H34N5O+. The van der Waals surface area contributed by atoms with Gasteiger partial charge in [-0.15, -0.1) is 0 Å². The van der Waals surface area contributed by atoms with Crippen molar-refractivity contribution < 1.29 is 8.98 Å². The van der Waals surface area contributed by atoms with Crippen molar-refractivity contribution in [2.24, 2.45) is 7.05 Å². The molecule has 0 aliphatic carbocycles. The number of rotatable bonds is 2. The zero-order valence-electron chi connectivity index (χ0n) is 23.9. The molecule has 0 amide bonds. The molecule has 0 saturated heterocycles. The highest BCUT2D eigenvalue weighted by Crippen LogP contribution is 2.37. The van der Waals surface area contributed by atoms with Crippen LogP contribution in [0.1, 0.15) is 58.8 Å². The number of para-hydroxylation sites is 1. The summed E-state index contributed by atoms with van der Waals surface area (Å²) < 4.78 is 8.78. The van der Waals surface area contributed by atoms with Gasteiger partial charge in [0, 0.05) is 39.1 Å². The van der Waals surface area contributed by atoms with Crippen LogP contribution in [0.5, 0.6) is 0 Å². The van der Waals surface area contributed by atoms with Gasteiger partial charge in [0.15, 0.2) is 11.4 Å². The Hall–Kier alpha value is -4.19. The molecule has 0 unspecified atom stereocenters. The van der Waals surface area contributed by atoms with E-state index in [1.54, 1.807) is 0 Å². The van der Waals surface area contributed by atoms with Crippen LogP contribution < -0.4 is 4.57 Å². The maximum Gasteiger partial charge on any atom is 0.228 e. The first-order valence-corrected chi connectivity index (χ1v) is 13.4. The Bertz CT molecular complexity index is 1870. The highest BCUT2D eigenvalue weighted by atomic mass is 16.3. The molecule has 6 nitrogen and oxygen atoms in total. The summed E-state index contributed by atoms with van der Waals surface area (Å²) in [5, 5.41) is 3.21. The van der Waals surface area contributed by atoms with Gasteiger partial charge in [-0.3, -0.25) is 0 Å². The van der Waals surface area contributed by atoms with Gasteiger partial charge < -0.3 is 4.42 Å². The predicted octanol–water partition coefficient (Wildman–Crippen LogP) is 7.38. The summed E-state index contributed by atoms with van der Waals surface area (Å²) in [7, 11) is 2.11. The van der Waals surface area contributed by atoms with E-state index in [0.717, 1.165) is 44.8 Å². The number of aryl methyl sites for hydroxylation is 2. The number of benzene rings is 2. The molecular weight excluding hydrogens is 482 g/mol. The van der Waals surface area contributed by atoms with Crippen molar-refractivity contribution in [3.8, 4) is 22.8 Å². The van der Waals surface area contributed by atoms with Crippen molar-refractivity contribution in [1.82, 2.24) is 19.9 Å². The Kier molecular flexibility index (Phi) is 5.58. The molecule has 0 spiro atoms. The fraction of sp³-hybridized carbons (Fsp3) is 0.303. The highest BCUT2D eigenvalue weighted by molar-refractivity contribution is 6.09. The molecule has 4 heterocycles. The summed E-state index contributed by atoms with van der Waals surface area (Å²) in [6.45, 7) is 14.8. The van der Waals surface area contributed by atoms with Crippen molar-refractivity contribution in [3.05, 3.63) is 77.9 Å². The number of nitrogens with zero attached hydrogens (tertiary/aromatic N) is 5. The van der Waals surface area contributed by atoms with Gasteiger partial charge in [-0.05, 0) is 36.8 Å². The first kappa shape index (κ1) is 25.1. The standard InChI is InChI=1S/C33H34N5O/c1-19-13-15-21-22-16-17-23(28-35-30(32(2,3)4)37-31(36-28)33(5,6)7)34-29(22)39-27(21)26(19)25-18-14-20-11-9-10-12-24(20)38(25)8/h9-18H,1-8H3/q+1. The Morgan fingerprint density at radius 1 is 0.692 bits per heavy atom. The van der Waals surface area contributed by atoms with Gasteiger partial charge in [-0.2, -0.15) is 4.57 Å². The third kappa shape index (κ3) is 4.24. The van der Waals surface area contributed by atoms with Crippen molar-refractivity contribution in [1.29, 1.82) is 0 Å². The number of hydrogen-bond donors (Lipinski definition) is 0. The number of aromatic nitrogens is 5. The van der Waals surface area contributed by atoms with Gasteiger partial charge >= 0.3 is 0 Å². The normalized spacial score (nSPS) is 12.6. The first-order valence-electron chi connectivity index (χ1n) is 13.4. The second-order valence-corrected chi connectivity index (χ2v) is 12.4. The summed E-state index contributed by atoms with van der Waals surface area (Å²) >= 11 is 0. The van der Waals surface area contributed by atoms with Gasteiger partial charge in [0.1, 0.15) is 24.4 Å². The molecule has 2 aromatic carbocycles. The van der Waals surface area contributed by atoms with E-state index in [0.29, 0.717) is 17.2 Å². The first-order chi connectivity index (χ1) is 18.4. The second-order valence-electron chi connectivity index (χ2n) is 12.4. The summed E-state index contributed by atoms with van der Waals surface area (Å²) in [4.78, 5) is 19.4. The molecule has 0 atom stereocenters. The van der Waals surface area contributed by atoms with Crippen molar-refractivity contribution >= 4 is 33.0 Å². The lowest BCUT2D eigenvalue weighted by molar-refractivity contribution is -0.633. The molecule has 6 rings (SSSR count). The number of furan rings is 1. The zero-order chi connectivity index (χ0) is 27.7. The van der Waals surface area contributed by atoms with E-state index in [4.69, 9.17) is 24.4 Å². The predicted molar refractivity (Wildman–Crippen MR) is 157 cm³/mol. The van der Waals surface area contributed by atoms with E-state index in [1.165, 1.54) is 10.9 Å². The fourth-order valence-electron chi connectivity index (χ4n) is 5.02. The SMILES string of the molecule is Cc1ccc2c(oc3nc(-c4nc(C(C)(C)C)nc(C(C)(C)C)n4)ccc32)c1-c1ccc2ccccc2[n+]1C. The highest BCUT2D eigenvalue weighted by Gasteiger charge is 2.27. The van der Waals surface area contributed by atoms with Crippen LogP contribution in [0.3, 0.4) is 0 Å². The molecule has 0 saturated carbocycles. The average Bonchev–Trinajstić information content (AvgIpc) is 3.26. The van der Waals surface area contributed by atoms with E-state index in [2.05, 4.69) is 115 Å². The lowest BCUT2D eigenvalue weighted by Gasteiger charge is -2.22. The quantitative estimate of drug-likeness (QED) is 0.225. The van der Waals surface area contributed by atoms with E-state index in [-0.39, 0.29) is 10.8 Å². The summed E-state index contributed by atoms with van der Waals surface area (Å²) in [5.74, 6) is 2.08. The maximum absolute atomic E-state index is 6.55. The van der Waals surface area contributed by atoms with Crippen molar-refractivity contribution in [3.63, 3.8) is 0 Å². The molecule has 6 aromatic rings. The minimum absolute atomic E-state index is 0.219. The van der Waals surface area contributed by atoms with E-state index < -0.39 is 0 Å². The van der Waals surface area contributed by atoms with Gasteiger partial charge in [0.05, 0.1) is 5.56 Å². The Balaban J connectivity index is 1.57. The van der Waals surface area contributed by atoms with E-state index in [1.807, 2.05) is 6.07 Å². The minimum Gasteiger partial charge on any atom is -0.437 e. The Labute approximate surface area is 228 Å². The topological polar surface area (TPSA) is 68.6 Å². The van der Waals surface area contributed by atoms with Crippen LogP contribution in [-0.2, 0) is 17.9 Å². The van der Waals surface area contributed by atoms with Crippen LogP contribution in [0.4, 0.5) is 0 Å². The average molecular weight is 517 g/mol. The second kappa shape index (κ2) is 8.67. The molecule has 0 fully saturated rings. The Morgan fingerprint density at radius 3 is 2.05 bits per heavy atom. The monoisotopic (exact) mass is 516 g/mol. The molecule has 0 aliphatic heterocycles. The molecule has 0 N–H and O–H groups in total. The number of pyridine rings is 2. The van der Waals surface area contributed by atoms with Crippen LogP contribution in [0.2, 0.25) is 0 Å². The van der Waals surface area contributed by atoms with Crippen LogP contribution in [0.15, 0.2) is 65.1 Å². The van der Waals surface area contributed by atoms with Crippen LogP contribution in [-0.4, -0.2) is 19.9 Å². The van der Waals surface area contributed by atoms with Crippen LogP contribution in [0, 0.1) is 6.92 Å². The third-order valence-electron chi connectivity index (χ3n) is 7.26. The lowest BCUT2D eigenvalue weighted by atomic mass is 9.93. The molecule has 196 valence electrons. The van der Waals surface area contributed by atoms with Gasteiger partial charge in [0.25, 0.3) is 0 Å². The molecule has 0 radical (unpaired) electrons. The largest absolute Gasteiger partial charge is 0.437 e. The number of fused-ring (bicyclic) bond motifs is 4. The number of hydrogen-bond acceptors (Lipinski definition) is 5. The summed E-state index contributed by atoms with van der Waals surface area (Å²) in [5.41, 5.74) is 6.14. The molecule has 0 bridgehead atoms. The van der Waals surface area contributed by atoms with Gasteiger partial charge in [0.2, 0.25) is 16.9 Å². The Morgan fingerprint density at radius 2 is 1.36 bits per heavy atom. The minimum atomic E-state index is -0.219. The third-order valence-corrected chi connectivity index (χ3v) is 7.26. The summed E-state index contributed by atoms with van der Waals surface area (Å²) in [6.07, 6.45) is 0.